The molecule has 0 saturated carbocycles. The summed E-state index contributed by atoms with van der Waals surface area (Å²) in [5.41, 5.74) is 4.34. The number of nitrogen functional groups attached to an aromatic ring is 1. The minimum absolute atomic E-state index is 0.0231. The monoisotopic (exact) mass is 224 g/mol. The first-order valence-corrected chi connectivity index (χ1v) is 4.54. The van der Waals surface area contributed by atoms with E-state index in [0.29, 0.717) is 5.56 Å². The summed E-state index contributed by atoms with van der Waals surface area (Å²) in [5, 5.41) is 19.6. The van der Waals surface area contributed by atoms with E-state index in [1.807, 2.05) is 0 Å². The average Bonchev–Trinajstić information content (AvgIpc) is 2.17. The minimum atomic E-state index is -1.18. The number of hydrogen-bond acceptors (Lipinski definition) is 4. The molecule has 0 aliphatic heterocycles. The first kappa shape index (κ1) is 12.0. The van der Waals surface area contributed by atoms with Crippen LogP contribution in [0.5, 0.6) is 0 Å². The van der Waals surface area contributed by atoms with E-state index >= 15 is 0 Å². The third-order valence-electron chi connectivity index (χ3n) is 2.48. The molecule has 1 aromatic carbocycles. The topological polar surface area (TPSA) is 106 Å². The van der Waals surface area contributed by atoms with Gasteiger partial charge in [-0.1, -0.05) is 6.07 Å². The van der Waals surface area contributed by atoms with E-state index in [1.165, 1.54) is 32.0 Å². The highest BCUT2D eigenvalue weighted by Gasteiger charge is 2.31. The van der Waals surface area contributed by atoms with Crippen LogP contribution in [0.3, 0.4) is 0 Å². The van der Waals surface area contributed by atoms with Crippen molar-refractivity contribution in [3.63, 3.8) is 0 Å². The Morgan fingerprint density at radius 1 is 1.50 bits per heavy atom. The van der Waals surface area contributed by atoms with Crippen LogP contribution in [0.1, 0.15) is 19.4 Å². The summed E-state index contributed by atoms with van der Waals surface area (Å²) in [4.78, 5) is 21.0. The number of nitro groups is 1. The Morgan fingerprint density at radius 3 is 2.50 bits per heavy atom. The minimum Gasteiger partial charge on any atom is -0.481 e. The molecule has 0 unspecified atom stereocenters. The number of aliphatic carboxylic acids is 1. The van der Waals surface area contributed by atoms with E-state index in [1.54, 1.807) is 0 Å². The molecule has 0 fully saturated rings. The Balaban J connectivity index is 3.33. The molecular formula is C10H12N2O4. The molecule has 0 spiro atoms. The molecule has 0 bridgehead atoms. The fourth-order valence-corrected chi connectivity index (χ4v) is 1.21. The number of benzene rings is 1. The molecule has 6 heteroatoms. The van der Waals surface area contributed by atoms with Crippen molar-refractivity contribution in [3.8, 4) is 0 Å². The largest absolute Gasteiger partial charge is 0.481 e. The summed E-state index contributed by atoms with van der Waals surface area (Å²) in [6.07, 6.45) is 0. The second kappa shape index (κ2) is 3.80. The Labute approximate surface area is 91.8 Å². The van der Waals surface area contributed by atoms with Crippen molar-refractivity contribution in [2.75, 3.05) is 5.73 Å². The molecule has 0 amide bonds. The number of carboxylic acid groups (broad SMARTS) is 1. The number of anilines is 1. The summed E-state index contributed by atoms with van der Waals surface area (Å²) in [6, 6.07) is 4.03. The number of nitrogens with two attached hydrogens (primary N) is 1. The summed E-state index contributed by atoms with van der Waals surface area (Å²) in [6.45, 7) is 2.95. The predicted octanol–water partition coefficient (Wildman–Crippen LogP) is 1.54. The molecule has 0 atom stereocenters. The molecule has 1 aromatic rings. The maximum Gasteiger partial charge on any atom is 0.313 e. The van der Waals surface area contributed by atoms with Gasteiger partial charge in [0.2, 0.25) is 0 Å². The third kappa shape index (κ3) is 1.95. The van der Waals surface area contributed by atoms with Crippen LogP contribution in [0.4, 0.5) is 11.4 Å². The van der Waals surface area contributed by atoms with Gasteiger partial charge in [-0.2, -0.15) is 0 Å². The molecule has 6 nitrogen and oxygen atoms in total. The van der Waals surface area contributed by atoms with Gasteiger partial charge in [0.1, 0.15) is 5.69 Å². The van der Waals surface area contributed by atoms with Gasteiger partial charge in [-0.25, -0.2) is 0 Å². The smallest absolute Gasteiger partial charge is 0.313 e. The highest BCUT2D eigenvalue weighted by atomic mass is 16.6. The maximum absolute atomic E-state index is 11.0. The highest BCUT2D eigenvalue weighted by Crippen LogP contribution is 2.30. The van der Waals surface area contributed by atoms with Crippen molar-refractivity contribution in [1.29, 1.82) is 0 Å². The molecule has 0 radical (unpaired) electrons. The quantitative estimate of drug-likeness (QED) is 0.460. The Hall–Kier alpha value is -2.11. The van der Waals surface area contributed by atoms with Crippen LogP contribution >= 0.6 is 0 Å². The van der Waals surface area contributed by atoms with Crippen LogP contribution in [-0.2, 0) is 10.2 Å². The third-order valence-corrected chi connectivity index (χ3v) is 2.48. The number of carboxylic acids is 1. The van der Waals surface area contributed by atoms with E-state index in [2.05, 4.69) is 0 Å². The van der Waals surface area contributed by atoms with Gasteiger partial charge in [0.15, 0.2) is 0 Å². The second-order valence-electron chi connectivity index (χ2n) is 3.96. The molecule has 0 aliphatic rings. The standard InChI is InChI=1S/C10H12N2O4/c1-10(2,9(13)14)6-3-4-7(11)8(5-6)12(15)16/h3-5H,11H2,1-2H3,(H,13,14). The van der Waals surface area contributed by atoms with Crippen LogP contribution in [0, 0.1) is 10.1 Å². The van der Waals surface area contributed by atoms with E-state index in [4.69, 9.17) is 10.8 Å². The zero-order valence-corrected chi connectivity index (χ0v) is 8.93. The number of rotatable bonds is 3. The van der Waals surface area contributed by atoms with Gasteiger partial charge in [0, 0.05) is 6.07 Å². The van der Waals surface area contributed by atoms with Crippen LogP contribution < -0.4 is 5.73 Å². The number of nitrogens with zero attached hydrogens (tertiary/aromatic N) is 1. The van der Waals surface area contributed by atoms with Gasteiger partial charge in [0.25, 0.3) is 5.69 Å². The molecule has 3 N–H and O–H groups in total. The molecule has 1 rings (SSSR count). The molecule has 86 valence electrons. The lowest BCUT2D eigenvalue weighted by Crippen LogP contribution is -2.28. The van der Waals surface area contributed by atoms with Crippen molar-refractivity contribution in [1.82, 2.24) is 0 Å². The highest BCUT2D eigenvalue weighted by molar-refractivity contribution is 5.81. The van der Waals surface area contributed by atoms with E-state index in [-0.39, 0.29) is 11.4 Å². The fraction of sp³-hybridized carbons (Fsp3) is 0.300. The first-order valence-electron chi connectivity index (χ1n) is 4.54. The maximum atomic E-state index is 11.0. The Bertz CT molecular complexity index is 454. The number of carbonyl (C=O) groups is 1. The summed E-state index contributed by atoms with van der Waals surface area (Å²) in [7, 11) is 0. The van der Waals surface area contributed by atoms with Gasteiger partial charge in [0.05, 0.1) is 10.3 Å². The summed E-state index contributed by atoms with van der Waals surface area (Å²) < 4.78 is 0. The lowest BCUT2D eigenvalue weighted by atomic mass is 9.84. The summed E-state index contributed by atoms with van der Waals surface area (Å²) in [5.74, 6) is -1.05. The van der Waals surface area contributed by atoms with Crippen molar-refractivity contribution in [3.05, 3.63) is 33.9 Å². The van der Waals surface area contributed by atoms with Gasteiger partial charge in [-0.15, -0.1) is 0 Å². The van der Waals surface area contributed by atoms with Gasteiger partial charge >= 0.3 is 5.97 Å². The predicted molar refractivity (Wildman–Crippen MR) is 58.2 cm³/mol. The first-order chi connectivity index (χ1) is 7.26. The average molecular weight is 224 g/mol. The van der Waals surface area contributed by atoms with Crippen molar-refractivity contribution in [2.45, 2.75) is 19.3 Å². The zero-order chi connectivity index (χ0) is 12.5. The Kier molecular flexibility index (Phi) is 2.84. The molecule has 0 saturated heterocycles. The zero-order valence-electron chi connectivity index (χ0n) is 8.93. The van der Waals surface area contributed by atoms with E-state index in [9.17, 15) is 14.9 Å². The van der Waals surface area contributed by atoms with Crippen LogP contribution in [0.15, 0.2) is 18.2 Å². The number of nitro benzene ring substituents is 1. The van der Waals surface area contributed by atoms with Crippen LogP contribution in [0.2, 0.25) is 0 Å². The number of hydrogen-bond donors (Lipinski definition) is 2. The molecular weight excluding hydrogens is 212 g/mol. The molecule has 0 aromatic heterocycles. The van der Waals surface area contributed by atoms with Crippen molar-refractivity contribution < 1.29 is 14.8 Å². The molecule has 16 heavy (non-hydrogen) atoms. The van der Waals surface area contributed by atoms with Gasteiger partial charge in [-0.3, -0.25) is 14.9 Å². The van der Waals surface area contributed by atoms with Crippen LogP contribution in [0.25, 0.3) is 0 Å². The summed E-state index contributed by atoms with van der Waals surface area (Å²) >= 11 is 0. The molecule has 0 heterocycles. The Morgan fingerprint density at radius 2 is 2.06 bits per heavy atom. The normalized spacial score (nSPS) is 11.1. The SMILES string of the molecule is CC(C)(C(=O)O)c1ccc(N)c([N+](=O)[O-])c1. The lowest BCUT2D eigenvalue weighted by Gasteiger charge is -2.19. The molecule has 0 aliphatic carbocycles. The van der Waals surface area contributed by atoms with E-state index < -0.39 is 16.3 Å². The van der Waals surface area contributed by atoms with Crippen molar-refractivity contribution >= 4 is 17.3 Å². The van der Waals surface area contributed by atoms with Crippen molar-refractivity contribution in [2.24, 2.45) is 0 Å². The van der Waals surface area contributed by atoms with Gasteiger partial charge in [-0.05, 0) is 25.5 Å². The fourth-order valence-electron chi connectivity index (χ4n) is 1.21. The van der Waals surface area contributed by atoms with Crippen LogP contribution in [-0.4, -0.2) is 16.0 Å². The van der Waals surface area contributed by atoms with Gasteiger partial charge < -0.3 is 10.8 Å². The van der Waals surface area contributed by atoms with E-state index in [0.717, 1.165) is 0 Å². The lowest BCUT2D eigenvalue weighted by molar-refractivity contribution is -0.384. The second-order valence-corrected chi connectivity index (χ2v) is 3.96.